The first-order chi connectivity index (χ1) is 4.18. The van der Waals surface area contributed by atoms with Gasteiger partial charge in [0.1, 0.15) is 0 Å². The molecule has 13 heavy (non-hydrogen) atoms. The van der Waals surface area contributed by atoms with Crippen LogP contribution in [0.2, 0.25) is 0 Å². The van der Waals surface area contributed by atoms with E-state index in [1.807, 2.05) is 0 Å². The molecule has 1 rings (SSSR count). The summed E-state index contributed by atoms with van der Waals surface area (Å²) in [6.07, 6.45) is 0. The van der Waals surface area contributed by atoms with E-state index in [2.05, 4.69) is 15.0 Å². The molecule has 1 aromatic rings. The van der Waals surface area contributed by atoms with Crippen LogP contribution in [0.5, 0.6) is 0 Å². The second-order valence-corrected chi connectivity index (χ2v) is 1.41. The number of nitrogen functional groups attached to an aromatic ring is 1. The van der Waals surface area contributed by atoms with E-state index in [9.17, 15) is 0 Å². The van der Waals surface area contributed by atoms with Crippen LogP contribution in [0.3, 0.4) is 0 Å². The monoisotopic (exact) mass is 1080 g/mol. The van der Waals surface area contributed by atoms with Gasteiger partial charge >= 0.3 is 0 Å². The third kappa shape index (κ3) is 10.9. The van der Waals surface area contributed by atoms with Crippen LogP contribution in [0.4, 0.5) is 17.8 Å². The zero-order valence-electron chi connectivity index (χ0n) is 6.47. The quantitative estimate of drug-likeness (QED) is 0.403. The Morgan fingerprint density at radius 2 is 1.46 bits per heavy atom. The van der Waals surface area contributed by atoms with E-state index in [4.69, 9.17) is 17.2 Å². The van der Waals surface area contributed by atoms with Crippen LogP contribution in [0.15, 0.2) is 0 Å². The third-order valence-corrected chi connectivity index (χ3v) is 0.691. The Bertz CT molecular complexity index is 181. The zero-order valence-corrected chi connectivity index (χ0v) is 23.1. The molecule has 0 unspecified atom stereocenters. The number of nitrogens with two attached hydrogens (primary N) is 1. The fraction of sp³-hybridized carbons (Fsp3) is 0. The molecule has 0 spiro atoms. The SMILES string of the molecule is [NH-]c1nc([NH-])[nH+]c(N)n1.[U].[U].[U].[U]. The number of H-pyrrole nitrogens is 1. The van der Waals surface area contributed by atoms with Gasteiger partial charge in [-0.1, -0.05) is 0 Å². The van der Waals surface area contributed by atoms with Crippen molar-refractivity contribution in [1.82, 2.24) is 9.97 Å². The second kappa shape index (κ2) is 12.7. The maximum absolute atomic E-state index is 6.87. The summed E-state index contributed by atoms with van der Waals surface area (Å²) in [6, 6.07) is 0. The van der Waals surface area contributed by atoms with Crippen LogP contribution >= 0.6 is 0 Å². The Hall–Kier alpha value is 2.62. The summed E-state index contributed by atoms with van der Waals surface area (Å²) in [7, 11) is 0. The van der Waals surface area contributed by atoms with Crippen LogP contribution in [0.25, 0.3) is 11.5 Å². The van der Waals surface area contributed by atoms with E-state index in [0.717, 1.165) is 0 Å². The van der Waals surface area contributed by atoms with Crippen molar-refractivity contribution in [2.24, 2.45) is 0 Å². The Morgan fingerprint density at radius 1 is 1.00 bits per heavy atom. The van der Waals surface area contributed by atoms with Crippen molar-refractivity contribution in [2.75, 3.05) is 5.73 Å². The molecule has 0 saturated heterocycles. The average molecular weight is 1080 g/mol. The van der Waals surface area contributed by atoms with Crippen molar-refractivity contribution in [2.45, 2.75) is 0 Å². The van der Waals surface area contributed by atoms with Gasteiger partial charge in [0.05, 0.1) is 0 Å². The smallest absolute Gasteiger partial charge is 0.224 e. The van der Waals surface area contributed by atoms with Gasteiger partial charge in [-0.3, -0.25) is 10.7 Å². The van der Waals surface area contributed by atoms with Crippen molar-refractivity contribution in [3.63, 3.8) is 0 Å². The minimum Gasteiger partial charge on any atom is -0.382 e. The standard InChI is InChI=1S/C3H4N6.4U/c4-1-7-2(5)9-3(6)8-1;;;;/h(H4-2,4,5,6,7,8,9);;;;/q-2;;;;/p+1. The molecule has 0 amide bonds. The summed E-state index contributed by atoms with van der Waals surface area (Å²) in [5.41, 5.74) is 18.8. The molecule has 0 atom stereocenters. The van der Waals surface area contributed by atoms with E-state index >= 15 is 0 Å². The summed E-state index contributed by atoms with van der Waals surface area (Å²) < 4.78 is 0. The molecule has 6 nitrogen and oxygen atoms in total. The van der Waals surface area contributed by atoms with E-state index in [-0.39, 0.29) is 142 Å². The molecule has 1 heterocycles. The van der Waals surface area contributed by atoms with Gasteiger partial charge in [0.15, 0.2) is 5.95 Å². The van der Waals surface area contributed by atoms with E-state index in [1.165, 1.54) is 0 Å². The Morgan fingerprint density at radius 3 is 1.77 bits per heavy atom. The molecule has 0 saturated carbocycles. The zero-order chi connectivity index (χ0) is 6.85. The number of hydrogen-bond acceptors (Lipinski definition) is 3. The van der Waals surface area contributed by atoms with Gasteiger partial charge < -0.3 is 11.5 Å². The molecule has 64 valence electrons. The van der Waals surface area contributed by atoms with Gasteiger partial charge in [-0.25, -0.2) is 0 Å². The Kier molecular flexibility index (Phi) is 24.1. The van der Waals surface area contributed by atoms with Gasteiger partial charge in [-0.05, 0) is 0 Å². The predicted molar refractivity (Wildman–Crippen MR) is 31.0 cm³/mol. The van der Waals surface area contributed by atoms with Crippen LogP contribution in [0, 0.1) is 124 Å². The molecule has 5 N–H and O–H groups in total. The second-order valence-electron chi connectivity index (χ2n) is 1.41. The summed E-state index contributed by atoms with van der Waals surface area (Å²) >= 11 is 0. The van der Waals surface area contributed by atoms with Crippen molar-refractivity contribution >= 4 is 17.8 Å². The van der Waals surface area contributed by atoms with Gasteiger partial charge in [0.2, 0.25) is 11.9 Å². The van der Waals surface area contributed by atoms with Crippen molar-refractivity contribution in [3.05, 3.63) is 11.5 Å². The van der Waals surface area contributed by atoms with Gasteiger partial charge in [-0.2, -0.15) is 9.97 Å². The molecule has 0 radical (unpaired) electrons. The first kappa shape index (κ1) is 24.7. The molecule has 0 aliphatic rings. The number of rotatable bonds is 0. The van der Waals surface area contributed by atoms with Gasteiger partial charge in [0, 0.05) is 124 Å². The molecular weight excluding hydrogens is 1070 g/mol. The fourth-order valence-corrected chi connectivity index (χ4v) is 0.422. The van der Waals surface area contributed by atoms with Crippen LogP contribution in [-0.2, 0) is 0 Å². The maximum Gasteiger partial charge on any atom is 0.224 e. The summed E-state index contributed by atoms with van der Waals surface area (Å²) in [5, 5.41) is 0. The Labute approximate surface area is 171 Å². The number of aromatic amines is 1. The first-order valence-electron chi connectivity index (χ1n) is 2.18. The van der Waals surface area contributed by atoms with Gasteiger partial charge in [0.25, 0.3) is 0 Å². The number of anilines is 1. The Balaban J connectivity index is -0.000000101. The molecule has 0 fully saturated rings. The van der Waals surface area contributed by atoms with Crippen molar-refractivity contribution < 1.29 is 129 Å². The number of nitrogens with one attached hydrogen (secondary N) is 3. The minimum absolute atomic E-state index is 0. The average Bonchev–Trinajstić information content (AvgIpc) is 1.59. The molecular formula is C3H5N6U4-. The largest absolute Gasteiger partial charge is 0.382 e. The molecule has 0 bridgehead atoms. The summed E-state index contributed by atoms with van der Waals surface area (Å²) in [4.78, 5) is 9.03. The molecule has 0 aromatic carbocycles. The minimum atomic E-state index is -0.240. The summed E-state index contributed by atoms with van der Waals surface area (Å²) in [5.74, 6) is -0.344. The van der Waals surface area contributed by atoms with E-state index in [0.29, 0.717) is 0 Å². The predicted octanol–water partition coefficient (Wildman–Crippen LogP) is 0.240. The maximum atomic E-state index is 6.87. The topological polar surface area (TPSA) is 114 Å². The van der Waals surface area contributed by atoms with Gasteiger partial charge in [-0.15, -0.1) is 0 Å². The van der Waals surface area contributed by atoms with Crippen LogP contribution < -0.4 is 10.7 Å². The fourth-order valence-electron chi connectivity index (χ4n) is 0.422. The van der Waals surface area contributed by atoms with E-state index in [1.54, 1.807) is 0 Å². The van der Waals surface area contributed by atoms with Crippen molar-refractivity contribution in [3.8, 4) is 0 Å². The summed E-state index contributed by atoms with van der Waals surface area (Å²) in [6.45, 7) is 0. The van der Waals surface area contributed by atoms with Crippen LogP contribution in [0.1, 0.15) is 0 Å². The first-order valence-corrected chi connectivity index (χ1v) is 2.18. The molecule has 0 aliphatic carbocycles. The normalized spacial score (nSPS) is 6.46. The van der Waals surface area contributed by atoms with E-state index < -0.39 is 0 Å². The van der Waals surface area contributed by atoms with Crippen LogP contribution in [-0.4, -0.2) is 9.97 Å². The molecule has 10 heteroatoms. The van der Waals surface area contributed by atoms with Crippen molar-refractivity contribution in [1.29, 1.82) is 0 Å². The number of nitrogens with zero attached hydrogens (tertiary/aromatic N) is 2. The third-order valence-electron chi connectivity index (χ3n) is 0.691. The molecule has 1 aromatic heterocycles. The molecule has 0 aliphatic heterocycles. The number of hydrogen-bond donors (Lipinski definition) is 1. The number of aromatic nitrogens is 3.